The lowest BCUT2D eigenvalue weighted by molar-refractivity contribution is 0.104. The second kappa shape index (κ2) is 11.6. The zero-order chi connectivity index (χ0) is 31.0. The second-order valence-electron chi connectivity index (χ2n) is 11.7. The molecule has 8 rings (SSSR count). The van der Waals surface area contributed by atoms with E-state index in [0.717, 1.165) is 55.5 Å². The molecule has 0 fully saturated rings. The first-order chi connectivity index (χ1) is 22.7. The molecular weight excluding hydrogens is 561 g/mol. The van der Waals surface area contributed by atoms with Crippen LogP contribution in [0, 0.1) is 0 Å². The Labute approximate surface area is 269 Å². The Balaban J connectivity index is 1.36. The lowest BCUT2D eigenvalue weighted by Gasteiger charge is -2.35. The predicted octanol–water partition coefficient (Wildman–Crippen LogP) is 8.82. The highest BCUT2D eigenvalue weighted by atomic mass is 16.5. The number of allylic oxidation sites excluding steroid dienone is 1. The summed E-state index contributed by atoms with van der Waals surface area (Å²) in [6, 6.07) is 52.8. The van der Waals surface area contributed by atoms with Crippen LogP contribution >= 0.6 is 0 Å². The normalized spacial score (nSPS) is 12.0. The molecule has 7 aromatic rings. The van der Waals surface area contributed by atoms with Crippen molar-refractivity contribution in [2.45, 2.75) is 0 Å². The maximum absolute atomic E-state index is 14.0. The average Bonchev–Trinajstić information content (AvgIpc) is 3.12. The molecule has 0 aromatic heterocycles. The van der Waals surface area contributed by atoms with Crippen molar-refractivity contribution in [3.05, 3.63) is 169 Å². The molecule has 1 aliphatic carbocycles. The van der Waals surface area contributed by atoms with Gasteiger partial charge in [-0.25, -0.2) is 0 Å². The van der Waals surface area contributed by atoms with Crippen LogP contribution in [-0.2, 0) is 0 Å². The van der Waals surface area contributed by atoms with E-state index in [4.69, 9.17) is 4.74 Å². The number of anilines is 2. The quantitative estimate of drug-likeness (QED) is 0.174. The number of hydrogen-bond donors (Lipinski definition) is 0. The van der Waals surface area contributed by atoms with Crippen LogP contribution < -0.4 is 20.5 Å². The van der Waals surface area contributed by atoms with E-state index in [1.54, 1.807) is 13.2 Å². The van der Waals surface area contributed by atoms with Crippen molar-refractivity contribution < 1.29 is 9.53 Å². The van der Waals surface area contributed by atoms with Gasteiger partial charge in [0.1, 0.15) is 5.75 Å². The summed E-state index contributed by atoms with van der Waals surface area (Å²) in [5.41, 5.74) is 8.13. The smallest absolute Gasteiger partial charge is 0.328 e. The maximum Gasteiger partial charge on any atom is 0.328 e. The van der Waals surface area contributed by atoms with Crippen molar-refractivity contribution >= 4 is 62.6 Å². The molecule has 0 bridgehead atoms. The molecule has 0 N–H and O–H groups in total. The van der Waals surface area contributed by atoms with Gasteiger partial charge in [0.15, 0.2) is 5.78 Å². The molecule has 0 unspecified atom stereocenters. The van der Waals surface area contributed by atoms with Crippen LogP contribution in [0.4, 0.5) is 11.4 Å². The van der Waals surface area contributed by atoms with Gasteiger partial charge in [-0.2, -0.15) is 0 Å². The van der Waals surface area contributed by atoms with Crippen molar-refractivity contribution in [2.24, 2.45) is 0 Å². The summed E-state index contributed by atoms with van der Waals surface area (Å²) in [7, 11) is 1.68. The maximum atomic E-state index is 14.0. The minimum absolute atomic E-state index is 0.00457. The van der Waals surface area contributed by atoms with Crippen LogP contribution in [0.25, 0.3) is 38.7 Å². The Kier molecular flexibility index (Phi) is 6.96. The highest BCUT2D eigenvalue weighted by Gasteiger charge is 2.33. The molecule has 1 aliphatic rings. The van der Waals surface area contributed by atoms with Gasteiger partial charge in [-0.3, -0.25) is 4.79 Å². The third-order valence-corrected chi connectivity index (χ3v) is 8.97. The third-order valence-electron chi connectivity index (χ3n) is 8.97. The SMILES string of the molecule is COc1ccc(N(B(c2ccccc2)c2ccccc2)c2ccc3cc(-c4ccc5ccccc5c4)cc4c3c2C(=O)C=C4)cc1. The number of ether oxygens (including phenoxy) is 1. The number of ketones is 1. The first-order valence-corrected chi connectivity index (χ1v) is 15.5. The van der Waals surface area contributed by atoms with Crippen LogP contribution in [-0.4, -0.2) is 19.7 Å². The summed E-state index contributed by atoms with van der Waals surface area (Å²) >= 11 is 0. The molecule has 0 atom stereocenters. The number of fused-ring (bicyclic) bond motifs is 1. The number of carbonyl (C=O) groups excluding carboxylic acids is 1. The first-order valence-electron chi connectivity index (χ1n) is 15.5. The molecule has 7 aromatic carbocycles. The Morgan fingerprint density at radius 3 is 1.89 bits per heavy atom. The lowest BCUT2D eigenvalue weighted by Crippen LogP contribution is -2.55. The number of nitrogens with zero attached hydrogens (tertiary/aromatic N) is 1. The van der Waals surface area contributed by atoms with E-state index in [1.807, 2.05) is 30.3 Å². The Hall–Kier alpha value is -5.87. The molecule has 4 heteroatoms. The van der Waals surface area contributed by atoms with Gasteiger partial charge in [-0.05, 0) is 87.5 Å². The van der Waals surface area contributed by atoms with E-state index in [9.17, 15) is 4.79 Å². The van der Waals surface area contributed by atoms with Crippen molar-refractivity contribution in [3.8, 4) is 16.9 Å². The molecule has 0 saturated carbocycles. The molecule has 3 nitrogen and oxygen atoms in total. The van der Waals surface area contributed by atoms with Gasteiger partial charge >= 0.3 is 6.85 Å². The van der Waals surface area contributed by atoms with Crippen molar-refractivity contribution in [2.75, 3.05) is 11.9 Å². The fourth-order valence-electron chi connectivity index (χ4n) is 6.79. The minimum atomic E-state index is -0.191. The fourth-order valence-corrected chi connectivity index (χ4v) is 6.79. The number of carbonyl (C=O) groups is 1. The molecule has 0 heterocycles. The highest BCUT2D eigenvalue weighted by molar-refractivity contribution is 6.89. The van der Waals surface area contributed by atoms with Crippen molar-refractivity contribution in [1.82, 2.24) is 0 Å². The van der Waals surface area contributed by atoms with Crippen LogP contribution in [0.3, 0.4) is 0 Å². The second-order valence-corrected chi connectivity index (χ2v) is 11.7. The Morgan fingerprint density at radius 2 is 1.20 bits per heavy atom. The molecule has 0 spiro atoms. The molecule has 46 heavy (non-hydrogen) atoms. The number of methoxy groups -OCH3 is 1. The van der Waals surface area contributed by atoms with Crippen molar-refractivity contribution in [3.63, 3.8) is 0 Å². The summed E-state index contributed by atoms with van der Waals surface area (Å²) in [6.07, 6.45) is 3.69. The standard InChI is InChI=1S/C42H30BNO2/c1-46-38-22-20-37(21-23-38)44(43(35-12-4-2-5-13-35)36-14-6-3-7-15-36)39-24-18-32-27-34(28-33-19-25-40(45)42(39)41(32)33)31-17-16-29-10-8-9-11-30(29)26-31/h2-28H,1H3. The molecular formula is C42H30BNO2. The minimum Gasteiger partial charge on any atom is -0.497 e. The van der Waals surface area contributed by atoms with E-state index in [0.29, 0.717) is 5.56 Å². The first kappa shape index (κ1) is 27.7. The third kappa shape index (κ3) is 4.85. The van der Waals surface area contributed by atoms with E-state index < -0.39 is 0 Å². The van der Waals surface area contributed by atoms with Gasteiger partial charge in [-0.15, -0.1) is 0 Å². The van der Waals surface area contributed by atoms with E-state index >= 15 is 0 Å². The number of benzene rings is 7. The van der Waals surface area contributed by atoms with Gasteiger partial charge in [0, 0.05) is 16.8 Å². The van der Waals surface area contributed by atoms with E-state index in [1.165, 1.54) is 10.8 Å². The number of rotatable bonds is 7. The van der Waals surface area contributed by atoms with Gasteiger partial charge in [-0.1, -0.05) is 120 Å². The van der Waals surface area contributed by atoms with E-state index in [-0.39, 0.29) is 12.6 Å². The van der Waals surface area contributed by atoms with Gasteiger partial charge in [0.2, 0.25) is 0 Å². The van der Waals surface area contributed by atoms with Crippen LogP contribution in [0.2, 0.25) is 0 Å². The summed E-state index contributed by atoms with van der Waals surface area (Å²) in [5.74, 6) is 0.784. The highest BCUT2D eigenvalue weighted by Crippen LogP contribution is 2.41. The monoisotopic (exact) mass is 591 g/mol. The molecule has 0 saturated heterocycles. The molecule has 0 amide bonds. The average molecular weight is 592 g/mol. The van der Waals surface area contributed by atoms with Crippen LogP contribution in [0.15, 0.2) is 158 Å². The molecule has 0 radical (unpaired) electrons. The van der Waals surface area contributed by atoms with E-state index in [2.05, 4.69) is 132 Å². The Bertz CT molecular complexity index is 2220. The predicted molar refractivity (Wildman–Crippen MR) is 193 cm³/mol. The summed E-state index contributed by atoms with van der Waals surface area (Å²) in [5, 5.41) is 4.45. The largest absolute Gasteiger partial charge is 0.497 e. The zero-order valence-corrected chi connectivity index (χ0v) is 25.4. The van der Waals surface area contributed by atoms with Gasteiger partial charge in [0.25, 0.3) is 0 Å². The molecule has 0 aliphatic heterocycles. The number of hydrogen-bond acceptors (Lipinski definition) is 3. The molecule has 218 valence electrons. The summed E-state index contributed by atoms with van der Waals surface area (Å²) in [6.45, 7) is -0.191. The fraction of sp³-hybridized carbons (Fsp3) is 0.0238. The summed E-state index contributed by atoms with van der Waals surface area (Å²) in [4.78, 5) is 16.3. The van der Waals surface area contributed by atoms with Gasteiger partial charge < -0.3 is 9.55 Å². The summed E-state index contributed by atoms with van der Waals surface area (Å²) < 4.78 is 5.52. The zero-order valence-electron chi connectivity index (χ0n) is 25.4. The topological polar surface area (TPSA) is 29.5 Å². The van der Waals surface area contributed by atoms with Gasteiger partial charge in [0.05, 0.1) is 12.7 Å². The lowest BCUT2D eigenvalue weighted by atomic mass is 9.48. The van der Waals surface area contributed by atoms with Crippen LogP contribution in [0.5, 0.6) is 5.75 Å². The van der Waals surface area contributed by atoms with Crippen LogP contribution in [0.1, 0.15) is 15.9 Å². The van der Waals surface area contributed by atoms with Crippen molar-refractivity contribution in [1.29, 1.82) is 0 Å². The Morgan fingerprint density at radius 1 is 0.565 bits per heavy atom.